The molecule has 1 amide bonds. The van der Waals surface area contributed by atoms with E-state index in [2.05, 4.69) is 37.9 Å². The molecule has 0 fully saturated rings. The SMILES string of the molecule is CCOc1cc([N+](=O)[O-])ccc1C(=O)NCCN(C(C)C)C(C)C. The summed E-state index contributed by atoms with van der Waals surface area (Å²) in [5.41, 5.74) is 0.212. The number of ether oxygens (including phenoxy) is 1. The molecule has 0 spiro atoms. The first kappa shape index (κ1) is 19.9. The van der Waals surface area contributed by atoms with Crippen LogP contribution in [0.5, 0.6) is 5.75 Å². The van der Waals surface area contributed by atoms with Gasteiger partial charge in [-0.1, -0.05) is 0 Å². The number of non-ortho nitro benzene ring substituents is 1. The number of nitrogens with zero attached hydrogens (tertiary/aromatic N) is 2. The average molecular weight is 337 g/mol. The number of carbonyl (C=O) groups excluding carboxylic acids is 1. The molecule has 1 aromatic rings. The molecule has 0 aliphatic heterocycles. The van der Waals surface area contributed by atoms with Crippen molar-refractivity contribution in [1.82, 2.24) is 10.2 Å². The molecular weight excluding hydrogens is 310 g/mol. The number of nitro benzene ring substituents is 1. The van der Waals surface area contributed by atoms with Crippen molar-refractivity contribution in [3.05, 3.63) is 33.9 Å². The van der Waals surface area contributed by atoms with Gasteiger partial charge in [0.1, 0.15) is 5.75 Å². The summed E-state index contributed by atoms with van der Waals surface area (Å²) in [6.07, 6.45) is 0. The Labute approximate surface area is 143 Å². The van der Waals surface area contributed by atoms with Crippen LogP contribution in [0.15, 0.2) is 18.2 Å². The monoisotopic (exact) mass is 337 g/mol. The molecule has 1 rings (SSSR count). The Bertz CT molecular complexity index is 565. The van der Waals surface area contributed by atoms with Gasteiger partial charge in [-0.2, -0.15) is 0 Å². The maximum absolute atomic E-state index is 12.4. The standard InChI is InChI=1S/C17H27N3O4/c1-6-24-16-11-14(20(22)23)7-8-15(16)17(21)18-9-10-19(12(2)3)13(4)5/h7-8,11-13H,6,9-10H2,1-5H3,(H,18,21). The molecule has 0 unspecified atom stereocenters. The van der Waals surface area contributed by atoms with Gasteiger partial charge in [0, 0.05) is 31.2 Å². The highest BCUT2D eigenvalue weighted by Crippen LogP contribution is 2.24. The number of rotatable bonds is 9. The van der Waals surface area contributed by atoms with E-state index in [1.165, 1.54) is 18.2 Å². The number of nitro groups is 1. The first-order valence-electron chi connectivity index (χ1n) is 8.23. The molecule has 1 N–H and O–H groups in total. The summed E-state index contributed by atoms with van der Waals surface area (Å²) >= 11 is 0. The third-order valence-electron chi connectivity index (χ3n) is 3.70. The molecule has 0 bridgehead atoms. The molecule has 0 atom stereocenters. The van der Waals surface area contributed by atoms with E-state index in [4.69, 9.17) is 4.74 Å². The molecule has 0 aromatic heterocycles. The molecule has 24 heavy (non-hydrogen) atoms. The molecule has 7 nitrogen and oxygen atoms in total. The molecule has 0 saturated carbocycles. The van der Waals surface area contributed by atoms with Crippen molar-refractivity contribution in [3.8, 4) is 5.75 Å². The van der Waals surface area contributed by atoms with Gasteiger partial charge in [0.2, 0.25) is 0 Å². The summed E-state index contributed by atoms with van der Waals surface area (Å²) in [5, 5.41) is 13.7. The second kappa shape index (κ2) is 9.22. The lowest BCUT2D eigenvalue weighted by molar-refractivity contribution is -0.384. The van der Waals surface area contributed by atoms with E-state index in [1.807, 2.05) is 0 Å². The zero-order valence-electron chi connectivity index (χ0n) is 15.0. The van der Waals surface area contributed by atoms with E-state index < -0.39 is 4.92 Å². The summed E-state index contributed by atoms with van der Waals surface area (Å²) in [6, 6.07) is 4.81. The van der Waals surface area contributed by atoms with Crippen LogP contribution < -0.4 is 10.1 Å². The van der Waals surface area contributed by atoms with E-state index in [0.717, 1.165) is 6.54 Å². The molecule has 0 aliphatic carbocycles. The second-order valence-electron chi connectivity index (χ2n) is 6.05. The Kier molecular flexibility index (Phi) is 7.64. The van der Waals surface area contributed by atoms with E-state index in [0.29, 0.717) is 30.8 Å². The number of amides is 1. The summed E-state index contributed by atoms with van der Waals surface area (Å²) in [7, 11) is 0. The number of benzene rings is 1. The summed E-state index contributed by atoms with van der Waals surface area (Å²) in [4.78, 5) is 25.0. The highest BCUT2D eigenvalue weighted by atomic mass is 16.6. The molecule has 7 heteroatoms. The molecule has 134 valence electrons. The van der Waals surface area contributed by atoms with Crippen molar-refractivity contribution in [2.75, 3.05) is 19.7 Å². The second-order valence-corrected chi connectivity index (χ2v) is 6.05. The van der Waals surface area contributed by atoms with Crippen molar-refractivity contribution >= 4 is 11.6 Å². The van der Waals surface area contributed by atoms with Crippen LogP contribution in [0.1, 0.15) is 45.0 Å². The molecule has 0 aliphatic rings. The van der Waals surface area contributed by atoms with E-state index in [9.17, 15) is 14.9 Å². The number of hydrogen-bond donors (Lipinski definition) is 1. The highest BCUT2D eigenvalue weighted by molar-refractivity contribution is 5.97. The average Bonchev–Trinajstić information content (AvgIpc) is 2.50. The van der Waals surface area contributed by atoms with Gasteiger partial charge in [0.25, 0.3) is 11.6 Å². The lowest BCUT2D eigenvalue weighted by atomic mass is 10.1. The van der Waals surface area contributed by atoms with Gasteiger partial charge in [-0.3, -0.25) is 19.8 Å². The number of nitrogens with one attached hydrogen (secondary N) is 1. The van der Waals surface area contributed by atoms with Crippen LogP contribution in [0.4, 0.5) is 5.69 Å². The quantitative estimate of drug-likeness (QED) is 0.553. The van der Waals surface area contributed by atoms with Gasteiger partial charge in [-0.25, -0.2) is 0 Å². The number of hydrogen-bond acceptors (Lipinski definition) is 5. The Morgan fingerprint density at radius 1 is 1.29 bits per heavy atom. The summed E-state index contributed by atoms with van der Waals surface area (Å²) in [6.45, 7) is 11.8. The topological polar surface area (TPSA) is 84.7 Å². The fourth-order valence-corrected chi connectivity index (χ4v) is 2.59. The molecule has 0 radical (unpaired) electrons. The Morgan fingerprint density at radius 3 is 2.42 bits per heavy atom. The summed E-state index contributed by atoms with van der Waals surface area (Å²) < 4.78 is 5.38. The van der Waals surface area contributed by atoms with Crippen LogP contribution in [-0.2, 0) is 0 Å². The predicted octanol–water partition coefficient (Wildman–Crippen LogP) is 2.84. The Balaban J connectivity index is 2.78. The number of carbonyl (C=O) groups is 1. The normalized spacial score (nSPS) is 11.2. The first-order chi connectivity index (χ1) is 11.3. The van der Waals surface area contributed by atoms with Crippen LogP contribution in [-0.4, -0.2) is 47.5 Å². The minimum absolute atomic E-state index is 0.0965. The highest BCUT2D eigenvalue weighted by Gasteiger charge is 2.18. The minimum Gasteiger partial charge on any atom is -0.493 e. The Morgan fingerprint density at radius 2 is 1.92 bits per heavy atom. The maximum Gasteiger partial charge on any atom is 0.273 e. The van der Waals surface area contributed by atoms with Crippen molar-refractivity contribution in [1.29, 1.82) is 0 Å². The largest absolute Gasteiger partial charge is 0.493 e. The lowest BCUT2D eigenvalue weighted by Crippen LogP contribution is -2.42. The zero-order valence-corrected chi connectivity index (χ0v) is 15.0. The van der Waals surface area contributed by atoms with Gasteiger partial charge < -0.3 is 10.1 Å². The van der Waals surface area contributed by atoms with Gasteiger partial charge in [0.15, 0.2) is 0 Å². The smallest absolute Gasteiger partial charge is 0.273 e. The predicted molar refractivity (Wildman–Crippen MR) is 93.6 cm³/mol. The van der Waals surface area contributed by atoms with Crippen LogP contribution in [0.2, 0.25) is 0 Å². The van der Waals surface area contributed by atoms with Gasteiger partial charge in [-0.15, -0.1) is 0 Å². The lowest BCUT2D eigenvalue weighted by Gasteiger charge is -2.30. The zero-order chi connectivity index (χ0) is 18.3. The Hall–Kier alpha value is -2.15. The van der Waals surface area contributed by atoms with E-state index in [1.54, 1.807) is 6.92 Å². The molecule has 0 heterocycles. The third-order valence-corrected chi connectivity index (χ3v) is 3.70. The van der Waals surface area contributed by atoms with Crippen molar-refractivity contribution in [2.45, 2.75) is 46.7 Å². The fourth-order valence-electron chi connectivity index (χ4n) is 2.59. The molecule has 0 saturated heterocycles. The van der Waals surface area contributed by atoms with Crippen molar-refractivity contribution in [2.24, 2.45) is 0 Å². The van der Waals surface area contributed by atoms with Crippen LogP contribution in [0, 0.1) is 10.1 Å². The fraction of sp³-hybridized carbons (Fsp3) is 0.588. The van der Waals surface area contributed by atoms with E-state index >= 15 is 0 Å². The van der Waals surface area contributed by atoms with Gasteiger partial charge >= 0.3 is 0 Å². The van der Waals surface area contributed by atoms with Crippen molar-refractivity contribution in [3.63, 3.8) is 0 Å². The van der Waals surface area contributed by atoms with Crippen LogP contribution >= 0.6 is 0 Å². The summed E-state index contributed by atoms with van der Waals surface area (Å²) in [5.74, 6) is -0.0606. The van der Waals surface area contributed by atoms with Gasteiger partial charge in [0.05, 0.1) is 23.2 Å². The van der Waals surface area contributed by atoms with E-state index in [-0.39, 0.29) is 17.3 Å². The molecular formula is C17H27N3O4. The van der Waals surface area contributed by atoms with Crippen LogP contribution in [0.3, 0.4) is 0 Å². The third kappa shape index (κ3) is 5.49. The molecule has 1 aromatic carbocycles. The van der Waals surface area contributed by atoms with Gasteiger partial charge in [-0.05, 0) is 40.7 Å². The minimum atomic E-state index is -0.507. The van der Waals surface area contributed by atoms with Crippen LogP contribution in [0.25, 0.3) is 0 Å². The maximum atomic E-state index is 12.4. The van der Waals surface area contributed by atoms with Crippen molar-refractivity contribution < 1.29 is 14.5 Å². The first-order valence-corrected chi connectivity index (χ1v) is 8.23.